The fourth-order valence-corrected chi connectivity index (χ4v) is 3.67. The van der Waals surface area contributed by atoms with Gasteiger partial charge in [-0.3, -0.25) is 14.2 Å². The molecule has 1 heterocycles. The van der Waals surface area contributed by atoms with Crippen LogP contribution in [-0.2, 0) is 9.59 Å². The molecule has 150 valence electrons. The third-order valence-electron chi connectivity index (χ3n) is 4.20. The molecule has 0 spiro atoms. The standard InChI is InChI=1S/C22H24N4O2S/c1-4-20(27)24-17-5-7-18(8-6-17)25-21(28)14-29-22-23-9-10-26(22)19-12-15(2)11-16(3)13-19/h5-13H,4,14H2,1-3H3,(H,24,27)(H,25,28). The maximum absolute atomic E-state index is 12.3. The van der Waals surface area contributed by atoms with Crippen LogP contribution in [0.4, 0.5) is 11.4 Å². The maximum Gasteiger partial charge on any atom is 0.234 e. The summed E-state index contributed by atoms with van der Waals surface area (Å²) < 4.78 is 1.99. The van der Waals surface area contributed by atoms with Crippen LogP contribution in [0.15, 0.2) is 60.0 Å². The molecule has 3 rings (SSSR count). The van der Waals surface area contributed by atoms with Crippen LogP contribution >= 0.6 is 11.8 Å². The molecule has 6 nitrogen and oxygen atoms in total. The van der Waals surface area contributed by atoms with Gasteiger partial charge in [-0.25, -0.2) is 4.98 Å². The van der Waals surface area contributed by atoms with Crippen molar-refractivity contribution in [2.75, 3.05) is 16.4 Å². The zero-order valence-corrected chi connectivity index (χ0v) is 17.5. The average Bonchev–Trinajstić information content (AvgIpc) is 3.16. The third-order valence-corrected chi connectivity index (χ3v) is 5.16. The van der Waals surface area contributed by atoms with E-state index in [1.165, 1.54) is 22.9 Å². The lowest BCUT2D eigenvalue weighted by Gasteiger charge is -2.10. The Balaban J connectivity index is 1.59. The molecule has 0 atom stereocenters. The number of aryl methyl sites for hydroxylation is 2. The first kappa shape index (κ1) is 20.7. The van der Waals surface area contributed by atoms with Crippen molar-refractivity contribution < 1.29 is 9.59 Å². The highest BCUT2D eigenvalue weighted by Gasteiger charge is 2.10. The van der Waals surface area contributed by atoms with Crippen molar-refractivity contribution in [1.82, 2.24) is 9.55 Å². The summed E-state index contributed by atoms with van der Waals surface area (Å²) in [6.45, 7) is 5.92. The summed E-state index contributed by atoms with van der Waals surface area (Å²) in [6, 6.07) is 13.4. The van der Waals surface area contributed by atoms with E-state index in [1.54, 1.807) is 37.4 Å². The van der Waals surface area contributed by atoms with E-state index >= 15 is 0 Å². The fourth-order valence-electron chi connectivity index (χ4n) is 2.90. The molecule has 0 bridgehead atoms. The number of anilines is 2. The molecule has 7 heteroatoms. The minimum Gasteiger partial charge on any atom is -0.326 e. The van der Waals surface area contributed by atoms with Crippen LogP contribution in [0.25, 0.3) is 5.69 Å². The molecule has 3 aromatic rings. The first-order valence-electron chi connectivity index (χ1n) is 9.39. The van der Waals surface area contributed by atoms with Crippen LogP contribution in [0, 0.1) is 13.8 Å². The number of carbonyl (C=O) groups excluding carboxylic acids is 2. The molecule has 2 aromatic carbocycles. The molecule has 0 fully saturated rings. The van der Waals surface area contributed by atoms with Crippen molar-refractivity contribution in [3.8, 4) is 5.69 Å². The molecule has 0 aliphatic heterocycles. The highest BCUT2D eigenvalue weighted by Crippen LogP contribution is 2.22. The second-order valence-corrected chi connectivity index (χ2v) is 7.68. The Morgan fingerprint density at radius 3 is 2.14 bits per heavy atom. The van der Waals surface area contributed by atoms with Gasteiger partial charge in [0.2, 0.25) is 11.8 Å². The molecular weight excluding hydrogens is 384 g/mol. The van der Waals surface area contributed by atoms with E-state index in [4.69, 9.17) is 0 Å². The summed E-state index contributed by atoms with van der Waals surface area (Å²) in [5, 5.41) is 6.41. The van der Waals surface area contributed by atoms with Gasteiger partial charge in [0.25, 0.3) is 0 Å². The summed E-state index contributed by atoms with van der Waals surface area (Å²) in [6.07, 6.45) is 4.06. The number of thioether (sulfide) groups is 1. The largest absolute Gasteiger partial charge is 0.326 e. The quantitative estimate of drug-likeness (QED) is 0.562. The van der Waals surface area contributed by atoms with Crippen molar-refractivity contribution in [1.29, 1.82) is 0 Å². The Bertz CT molecular complexity index is 992. The average molecular weight is 409 g/mol. The zero-order chi connectivity index (χ0) is 20.8. The van der Waals surface area contributed by atoms with Gasteiger partial charge >= 0.3 is 0 Å². The lowest BCUT2D eigenvalue weighted by atomic mass is 10.1. The molecule has 2 N–H and O–H groups in total. The van der Waals surface area contributed by atoms with Crippen LogP contribution in [0.3, 0.4) is 0 Å². The van der Waals surface area contributed by atoms with E-state index in [1.807, 2.05) is 10.8 Å². The molecule has 0 aliphatic carbocycles. The van der Waals surface area contributed by atoms with Gasteiger partial charge in [0.1, 0.15) is 0 Å². The van der Waals surface area contributed by atoms with Gasteiger partial charge in [-0.1, -0.05) is 24.8 Å². The Kier molecular flexibility index (Phi) is 6.72. The second kappa shape index (κ2) is 9.43. The molecule has 29 heavy (non-hydrogen) atoms. The van der Waals surface area contributed by atoms with Crippen LogP contribution < -0.4 is 10.6 Å². The molecule has 0 saturated carbocycles. The number of rotatable bonds is 7. The van der Waals surface area contributed by atoms with Gasteiger partial charge in [-0.05, 0) is 61.4 Å². The Morgan fingerprint density at radius 1 is 0.966 bits per heavy atom. The number of benzene rings is 2. The monoisotopic (exact) mass is 408 g/mol. The zero-order valence-electron chi connectivity index (χ0n) is 16.7. The fraction of sp³-hybridized carbons (Fsp3) is 0.227. The van der Waals surface area contributed by atoms with Crippen LogP contribution in [0.2, 0.25) is 0 Å². The normalized spacial score (nSPS) is 10.6. The number of hydrogen-bond donors (Lipinski definition) is 2. The first-order valence-corrected chi connectivity index (χ1v) is 10.4. The van der Waals surface area contributed by atoms with Gasteiger partial charge in [0.15, 0.2) is 5.16 Å². The minimum atomic E-state index is -0.115. The summed E-state index contributed by atoms with van der Waals surface area (Å²) in [5.41, 5.74) is 4.79. The number of aromatic nitrogens is 2. The number of imidazole rings is 1. The number of carbonyl (C=O) groups is 2. The SMILES string of the molecule is CCC(=O)Nc1ccc(NC(=O)CSc2nccn2-c2cc(C)cc(C)c2)cc1. The summed E-state index contributed by atoms with van der Waals surface area (Å²) >= 11 is 1.38. The van der Waals surface area contributed by atoms with Crippen molar-refractivity contribution in [2.24, 2.45) is 0 Å². The summed E-state index contributed by atoms with van der Waals surface area (Å²) in [5.74, 6) is 0.0867. The van der Waals surface area contributed by atoms with Crippen LogP contribution in [-0.4, -0.2) is 27.1 Å². The first-order chi connectivity index (χ1) is 13.9. The number of nitrogens with zero attached hydrogens (tertiary/aromatic N) is 2. The molecule has 2 amide bonds. The van der Waals surface area contributed by atoms with Crippen molar-refractivity contribution >= 4 is 35.0 Å². The Hall–Kier alpha value is -3.06. The second-order valence-electron chi connectivity index (χ2n) is 6.74. The molecule has 0 aliphatic rings. The number of nitrogens with one attached hydrogen (secondary N) is 2. The predicted octanol–water partition coefficient (Wildman–Crippen LogP) is 4.57. The van der Waals surface area contributed by atoms with Crippen molar-refractivity contribution in [3.63, 3.8) is 0 Å². The van der Waals surface area contributed by atoms with Crippen molar-refractivity contribution in [2.45, 2.75) is 32.3 Å². The van der Waals surface area contributed by atoms with Crippen LogP contribution in [0.5, 0.6) is 0 Å². The van der Waals surface area contributed by atoms with Crippen molar-refractivity contribution in [3.05, 3.63) is 66.0 Å². The summed E-state index contributed by atoms with van der Waals surface area (Å²) in [4.78, 5) is 28.1. The van der Waals surface area contributed by atoms with Gasteiger partial charge < -0.3 is 10.6 Å². The predicted molar refractivity (Wildman–Crippen MR) is 118 cm³/mol. The molecular formula is C22H24N4O2S. The lowest BCUT2D eigenvalue weighted by molar-refractivity contribution is -0.116. The van der Waals surface area contributed by atoms with Crippen LogP contribution in [0.1, 0.15) is 24.5 Å². The van der Waals surface area contributed by atoms with Gasteiger partial charge in [0.05, 0.1) is 5.75 Å². The number of hydrogen-bond acceptors (Lipinski definition) is 4. The van der Waals surface area contributed by atoms with E-state index in [2.05, 4.69) is 47.7 Å². The number of amides is 2. The highest BCUT2D eigenvalue weighted by molar-refractivity contribution is 7.99. The van der Waals surface area contributed by atoms with Gasteiger partial charge in [-0.2, -0.15) is 0 Å². The topological polar surface area (TPSA) is 76.0 Å². The molecule has 1 aromatic heterocycles. The summed E-state index contributed by atoms with van der Waals surface area (Å²) in [7, 11) is 0. The van der Waals surface area contributed by atoms with E-state index < -0.39 is 0 Å². The van der Waals surface area contributed by atoms with E-state index in [0.717, 1.165) is 10.8 Å². The van der Waals surface area contributed by atoms with E-state index in [-0.39, 0.29) is 17.6 Å². The molecule has 0 saturated heterocycles. The Morgan fingerprint density at radius 2 is 1.55 bits per heavy atom. The van der Waals surface area contributed by atoms with E-state index in [9.17, 15) is 9.59 Å². The smallest absolute Gasteiger partial charge is 0.234 e. The molecule has 0 unspecified atom stereocenters. The van der Waals surface area contributed by atoms with Gasteiger partial charge in [-0.15, -0.1) is 0 Å². The highest BCUT2D eigenvalue weighted by atomic mass is 32.2. The van der Waals surface area contributed by atoms with E-state index in [0.29, 0.717) is 17.8 Å². The third kappa shape index (κ3) is 5.71. The lowest BCUT2D eigenvalue weighted by Crippen LogP contribution is -2.14. The molecule has 0 radical (unpaired) electrons. The Labute approximate surface area is 174 Å². The minimum absolute atomic E-state index is 0.0440. The maximum atomic E-state index is 12.3. The van der Waals surface area contributed by atoms with Gasteiger partial charge in [0, 0.05) is 35.9 Å².